The van der Waals surface area contributed by atoms with E-state index in [-0.39, 0.29) is 18.5 Å². The van der Waals surface area contributed by atoms with E-state index in [0.717, 1.165) is 17.4 Å². The van der Waals surface area contributed by atoms with Gasteiger partial charge in [0.25, 0.3) is 0 Å². The molecule has 0 aromatic heterocycles. The van der Waals surface area contributed by atoms with Crippen LogP contribution < -0.4 is 4.90 Å². The van der Waals surface area contributed by atoms with Crippen molar-refractivity contribution in [3.63, 3.8) is 0 Å². The van der Waals surface area contributed by atoms with Crippen LogP contribution in [-0.4, -0.2) is 17.6 Å². The summed E-state index contributed by atoms with van der Waals surface area (Å²) >= 11 is 0. The minimum atomic E-state index is -4.61. The topological polar surface area (TPSA) is 40.5 Å². The quantitative estimate of drug-likeness (QED) is 0.522. The lowest BCUT2D eigenvalue weighted by molar-refractivity contribution is -0.141. The van der Waals surface area contributed by atoms with Gasteiger partial charge in [-0.3, -0.25) is 4.79 Å². The molecular weight excluding hydrogens is 379 g/mol. The molecule has 6 heteroatoms. The molecule has 0 spiro atoms. The predicted molar refractivity (Wildman–Crippen MR) is 106 cm³/mol. The second-order valence-corrected chi connectivity index (χ2v) is 6.59. The first-order valence-electron chi connectivity index (χ1n) is 9.14. The molecule has 3 nitrogen and oxygen atoms in total. The summed E-state index contributed by atoms with van der Waals surface area (Å²) in [4.78, 5) is 13.8. The van der Waals surface area contributed by atoms with Crippen LogP contribution >= 0.6 is 0 Å². The zero-order valence-electron chi connectivity index (χ0n) is 15.5. The van der Waals surface area contributed by atoms with Crippen molar-refractivity contribution >= 4 is 17.3 Å². The molecule has 0 aliphatic heterocycles. The second-order valence-electron chi connectivity index (χ2n) is 6.59. The first-order valence-corrected chi connectivity index (χ1v) is 9.14. The molecule has 0 amide bonds. The summed E-state index contributed by atoms with van der Waals surface area (Å²) in [5.41, 5.74) is 0.561. The van der Waals surface area contributed by atoms with Crippen LogP contribution in [0.1, 0.15) is 23.5 Å². The lowest BCUT2D eigenvalue weighted by atomic mass is 9.91. The number of carbonyl (C=O) groups is 1. The third-order valence-corrected chi connectivity index (χ3v) is 4.72. The van der Waals surface area contributed by atoms with E-state index in [4.69, 9.17) is 0 Å². The Balaban J connectivity index is 1.92. The molecule has 1 N–H and O–H groups in total. The van der Waals surface area contributed by atoms with Gasteiger partial charge in [-0.25, -0.2) is 0 Å². The molecule has 150 valence electrons. The Hall–Kier alpha value is -3.28. The van der Waals surface area contributed by atoms with Gasteiger partial charge >= 0.3 is 12.1 Å². The number of alkyl halides is 3. The summed E-state index contributed by atoms with van der Waals surface area (Å²) in [7, 11) is 0. The van der Waals surface area contributed by atoms with E-state index >= 15 is 0 Å². The number of halogens is 3. The minimum Gasteiger partial charge on any atom is -0.481 e. The SMILES string of the molecule is O=C(O)C(CCN(c1ccccc1)c1ccccc1)c1ccccc1C(F)(F)F. The molecule has 3 aromatic carbocycles. The Kier molecular flexibility index (Phi) is 6.22. The Morgan fingerprint density at radius 3 is 1.79 bits per heavy atom. The Morgan fingerprint density at radius 1 is 0.828 bits per heavy atom. The second kappa shape index (κ2) is 8.82. The van der Waals surface area contributed by atoms with E-state index in [1.54, 1.807) is 0 Å². The number of carboxylic acids is 1. The highest BCUT2D eigenvalue weighted by Gasteiger charge is 2.36. The fraction of sp³-hybridized carbons (Fsp3) is 0.174. The van der Waals surface area contributed by atoms with Crippen LogP contribution in [0.4, 0.5) is 24.5 Å². The standard InChI is InChI=1S/C23H20F3NO2/c24-23(25,26)21-14-8-7-13-19(21)20(22(28)29)15-16-27(17-9-3-1-4-10-17)18-11-5-2-6-12-18/h1-14,20H,15-16H2,(H,28,29). The maximum Gasteiger partial charge on any atom is 0.416 e. The molecule has 0 radical (unpaired) electrons. The fourth-order valence-corrected chi connectivity index (χ4v) is 3.35. The Bertz CT molecular complexity index is 904. The molecule has 1 atom stereocenters. The van der Waals surface area contributed by atoms with Crippen LogP contribution in [0.2, 0.25) is 0 Å². The largest absolute Gasteiger partial charge is 0.481 e. The summed E-state index contributed by atoms with van der Waals surface area (Å²) in [6, 6.07) is 23.6. The van der Waals surface area contributed by atoms with Gasteiger partial charge in [0.15, 0.2) is 0 Å². The van der Waals surface area contributed by atoms with Crippen molar-refractivity contribution in [1.29, 1.82) is 0 Å². The molecule has 0 saturated heterocycles. The molecule has 0 heterocycles. The molecule has 3 rings (SSSR count). The number of carboxylic acid groups (broad SMARTS) is 1. The van der Waals surface area contributed by atoms with E-state index in [1.165, 1.54) is 18.2 Å². The van der Waals surface area contributed by atoms with Gasteiger partial charge in [-0.15, -0.1) is 0 Å². The van der Waals surface area contributed by atoms with Gasteiger partial charge in [0.05, 0.1) is 11.5 Å². The number of aliphatic carboxylic acids is 1. The van der Waals surface area contributed by atoms with Crippen molar-refractivity contribution in [1.82, 2.24) is 0 Å². The minimum absolute atomic E-state index is 0.0201. The van der Waals surface area contributed by atoms with Crippen LogP contribution in [0, 0.1) is 0 Å². The van der Waals surface area contributed by atoms with Crippen molar-refractivity contribution < 1.29 is 23.1 Å². The predicted octanol–water partition coefficient (Wildman–Crippen LogP) is 6.10. The Morgan fingerprint density at radius 2 is 1.31 bits per heavy atom. The summed E-state index contributed by atoms with van der Waals surface area (Å²) in [5, 5.41) is 9.69. The molecule has 0 bridgehead atoms. The number of anilines is 2. The van der Waals surface area contributed by atoms with Crippen LogP contribution in [0.3, 0.4) is 0 Å². The van der Waals surface area contributed by atoms with Crippen LogP contribution in [0.25, 0.3) is 0 Å². The maximum atomic E-state index is 13.4. The zero-order chi connectivity index (χ0) is 20.9. The third-order valence-electron chi connectivity index (χ3n) is 4.72. The van der Waals surface area contributed by atoms with Crippen molar-refractivity contribution in [2.75, 3.05) is 11.4 Å². The highest BCUT2D eigenvalue weighted by Crippen LogP contribution is 2.37. The number of benzene rings is 3. The van der Waals surface area contributed by atoms with Crippen LogP contribution in [0.15, 0.2) is 84.9 Å². The highest BCUT2D eigenvalue weighted by molar-refractivity contribution is 5.77. The normalized spacial score (nSPS) is 12.4. The van der Waals surface area contributed by atoms with E-state index < -0.39 is 23.6 Å². The van der Waals surface area contributed by atoms with Gasteiger partial charge in [0.1, 0.15) is 0 Å². The number of para-hydroxylation sites is 2. The van der Waals surface area contributed by atoms with Gasteiger partial charge in [-0.2, -0.15) is 13.2 Å². The molecule has 0 fully saturated rings. The Labute approximate surface area is 167 Å². The smallest absolute Gasteiger partial charge is 0.416 e. The lowest BCUT2D eigenvalue weighted by Gasteiger charge is -2.27. The van der Waals surface area contributed by atoms with Crippen LogP contribution in [0.5, 0.6) is 0 Å². The van der Waals surface area contributed by atoms with E-state index in [9.17, 15) is 23.1 Å². The number of hydrogen-bond donors (Lipinski definition) is 1. The van der Waals surface area contributed by atoms with Gasteiger partial charge in [0.2, 0.25) is 0 Å². The first kappa shape index (κ1) is 20.5. The fourth-order valence-electron chi connectivity index (χ4n) is 3.35. The van der Waals surface area contributed by atoms with Crippen LogP contribution in [-0.2, 0) is 11.0 Å². The highest BCUT2D eigenvalue weighted by atomic mass is 19.4. The van der Waals surface area contributed by atoms with Gasteiger partial charge in [-0.1, -0.05) is 54.6 Å². The van der Waals surface area contributed by atoms with E-state index in [0.29, 0.717) is 0 Å². The van der Waals surface area contributed by atoms with E-state index in [2.05, 4.69) is 0 Å². The van der Waals surface area contributed by atoms with Gasteiger partial charge in [0, 0.05) is 17.9 Å². The summed E-state index contributed by atoms with van der Waals surface area (Å²) in [6.45, 7) is 0.247. The summed E-state index contributed by atoms with van der Waals surface area (Å²) in [5.74, 6) is -2.55. The van der Waals surface area contributed by atoms with Crippen molar-refractivity contribution in [3.05, 3.63) is 96.1 Å². The van der Waals surface area contributed by atoms with Crippen molar-refractivity contribution in [3.8, 4) is 0 Å². The molecule has 29 heavy (non-hydrogen) atoms. The first-order chi connectivity index (χ1) is 13.9. The molecule has 0 aliphatic rings. The average molecular weight is 399 g/mol. The molecule has 1 unspecified atom stereocenters. The zero-order valence-corrected chi connectivity index (χ0v) is 15.5. The van der Waals surface area contributed by atoms with Crippen molar-refractivity contribution in [2.45, 2.75) is 18.5 Å². The summed E-state index contributed by atoms with van der Waals surface area (Å²) in [6.07, 6.45) is -4.59. The number of hydrogen-bond acceptors (Lipinski definition) is 2. The average Bonchev–Trinajstić information content (AvgIpc) is 2.72. The molecule has 3 aromatic rings. The maximum absolute atomic E-state index is 13.4. The molecule has 0 saturated carbocycles. The number of rotatable bonds is 7. The summed E-state index contributed by atoms with van der Waals surface area (Å²) < 4.78 is 40.2. The number of nitrogens with zero attached hydrogens (tertiary/aromatic N) is 1. The van der Waals surface area contributed by atoms with E-state index in [1.807, 2.05) is 65.6 Å². The molecule has 0 aliphatic carbocycles. The van der Waals surface area contributed by atoms with Gasteiger partial charge in [-0.05, 0) is 42.3 Å². The van der Waals surface area contributed by atoms with Gasteiger partial charge < -0.3 is 10.0 Å². The van der Waals surface area contributed by atoms with Crippen molar-refractivity contribution in [2.24, 2.45) is 0 Å². The lowest BCUT2D eigenvalue weighted by Crippen LogP contribution is -2.24. The third kappa shape index (κ3) is 4.96. The molecular formula is C23H20F3NO2. The monoisotopic (exact) mass is 399 g/mol.